The number of hydrogen-bond acceptors (Lipinski definition) is 3. The van der Waals surface area contributed by atoms with Crippen LogP contribution in [0.25, 0.3) is 0 Å². The maximum absolute atomic E-state index is 12.0. The molecule has 0 saturated heterocycles. The summed E-state index contributed by atoms with van der Waals surface area (Å²) in [5, 5.41) is 4.66. The van der Waals surface area contributed by atoms with Crippen LogP contribution in [0.15, 0.2) is 47.6 Å². The van der Waals surface area contributed by atoms with E-state index in [-0.39, 0.29) is 11.1 Å². The van der Waals surface area contributed by atoms with Crippen molar-refractivity contribution in [2.24, 2.45) is 5.10 Å². The van der Waals surface area contributed by atoms with E-state index in [1.807, 2.05) is 38.1 Å². The number of ether oxygens (including phenoxy) is 1. The van der Waals surface area contributed by atoms with Crippen molar-refractivity contribution in [1.29, 1.82) is 0 Å². The van der Waals surface area contributed by atoms with E-state index in [1.54, 1.807) is 18.3 Å². The van der Waals surface area contributed by atoms with Gasteiger partial charge in [-0.3, -0.25) is 4.79 Å². The van der Waals surface area contributed by atoms with Gasteiger partial charge in [-0.1, -0.05) is 23.2 Å². The van der Waals surface area contributed by atoms with E-state index in [0.29, 0.717) is 10.6 Å². The number of carbonyl (C=O) groups is 1. The zero-order valence-corrected chi connectivity index (χ0v) is 14.2. The van der Waals surface area contributed by atoms with Gasteiger partial charge in [0, 0.05) is 5.02 Å². The van der Waals surface area contributed by atoms with E-state index in [9.17, 15) is 4.79 Å². The van der Waals surface area contributed by atoms with E-state index in [1.165, 1.54) is 6.07 Å². The Labute approximate surface area is 145 Å². The highest BCUT2D eigenvalue weighted by atomic mass is 35.5. The molecule has 0 heterocycles. The minimum Gasteiger partial charge on any atom is -0.491 e. The summed E-state index contributed by atoms with van der Waals surface area (Å²) in [7, 11) is 0. The van der Waals surface area contributed by atoms with Gasteiger partial charge in [0.05, 0.1) is 22.9 Å². The molecule has 0 radical (unpaired) electrons. The van der Waals surface area contributed by atoms with Gasteiger partial charge in [-0.05, 0) is 61.9 Å². The summed E-state index contributed by atoms with van der Waals surface area (Å²) >= 11 is 11.8. The number of nitrogens with one attached hydrogen (secondary N) is 1. The molecule has 0 bridgehead atoms. The van der Waals surface area contributed by atoms with E-state index in [4.69, 9.17) is 27.9 Å². The summed E-state index contributed by atoms with van der Waals surface area (Å²) in [5.74, 6) is 0.386. The molecule has 0 aliphatic rings. The van der Waals surface area contributed by atoms with E-state index in [2.05, 4.69) is 10.5 Å². The Morgan fingerprint density at radius 3 is 2.48 bits per heavy atom. The normalized spacial score (nSPS) is 11.0. The van der Waals surface area contributed by atoms with Gasteiger partial charge in [0.25, 0.3) is 5.91 Å². The summed E-state index contributed by atoms with van der Waals surface area (Å²) < 4.78 is 5.55. The van der Waals surface area contributed by atoms with Crippen molar-refractivity contribution in [2.75, 3.05) is 0 Å². The Morgan fingerprint density at radius 2 is 1.87 bits per heavy atom. The highest BCUT2D eigenvalue weighted by molar-refractivity contribution is 6.36. The Bertz CT molecular complexity index is 713. The summed E-state index contributed by atoms with van der Waals surface area (Å²) in [6.07, 6.45) is 1.67. The first kappa shape index (κ1) is 17.3. The molecule has 1 amide bonds. The van der Waals surface area contributed by atoms with Gasteiger partial charge >= 0.3 is 0 Å². The Hall–Kier alpha value is -2.04. The first-order valence-corrected chi connectivity index (χ1v) is 7.76. The lowest BCUT2D eigenvalue weighted by molar-refractivity contribution is 0.0955. The number of hydrazone groups is 1. The second-order valence-electron chi connectivity index (χ2n) is 5.06. The molecule has 0 aliphatic heterocycles. The topological polar surface area (TPSA) is 50.7 Å². The molecule has 2 aromatic rings. The van der Waals surface area contributed by atoms with Crippen molar-refractivity contribution in [1.82, 2.24) is 5.43 Å². The smallest absolute Gasteiger partial charge is 0.272 e. The van der Waals surface area contributed by atoms with Crippen molar-refractivity contribution in [3.63, 3.8) is 0 Å². The minimum atomic E-state index is -0.400. The molecule has 0 aromatic heterocycles. The fraction of sp³-hybridized carbons (Fsp3) is 0.176. The number of halogens is 2. The second kappa shape index (κ2) is 7.99. The molecule has 0 saturated carbocycles. The Balaban J connectivity index is 1.97. The van der Waals surface area contributed by atoms with Crippen LogP contribution in [0.2, 0.25) is 10.0 Å². The summed E-state index contributed by atoms with van der Waals surface area (Å²) in [6, 6.07) is 12.0. The van der Waals surface area contributed by atoms with Crippen LogP contribution in [0.3, 0.4) is 0 Å². The van der Waals surface area contributed by atoms with Crippen LogP contribution in [0.4, 0.5) is 0 Å². The minimum absolute atomic E-state index is 0.123. The number of carbonyl (C=O) groups excluding carboxylic acids is 1. The third-order valence-electron chi connectivity index (χ3n) is 2.81. The van der Waals surface area contributed by atoms with Gasteiger partial charge in [0.2, 0.25) is 0 Å². The van der Waals surface area contributed by atoms with E-state index < -0.39 is 5.91 Å². The molecule has 0 spiro atoms. The van der Waals surface area contributed by atoms with Gasteiger partial charge in [0.15, 0.2) is 0 Å². The number of nitrogens with zero attached hydrogens (tertiary/aromatic N) is 1. The largest absolute Gasteiger partial charge is 0.491 e. The molecule has 0 fully saturated rings. The zero-order chi connectivity index (χ0) is 16.8. The third-order valence-corrected chi connectivity index (χ3v) is 3.36. The molecule has 2 rings (SSSR count). The molecule has 0 unspecified atom stereocenters. The lowest BCUT2D eigenvalue weighted by Crippen LogP contribution is -2.18. The Kier molecular flexibility index (Phi) is 6.02. The summed E-state index contributed by atoms with van der Waals surface area (Å²) in [6.45, 7) is 3.93. The van der Waals surface area contributed by atoms with Crippen molar-refractivity contribution in [2.45, 2.75) is 20.0 Å². The molecule has 23 heavy (non-hydrogen) atoms. The quantitative estimate of drug-likeness (QED) is 0.635. The average Bonchev–Trinajstić information content (AvgIpc) is 2.48. The van der Waals surface area contributed by atoms with Gasteiger partial charge in [-0.2, -0.15) is 5.10 Å². The van der Waals surface area contributed by atoms with Crippen LogP contribution in [-0.2, 0) is 0 Å². The average molecular weight is 351 g/mol. The van der Waals surface area contributed by atoms with Crippen LogP contribution in [0.1, 0.15) is 29.8 Å². The van der Waals surface area contributed by atoms with Gasteiger partial charge in [0.1, 0.15) is 5.75 Å². The maximum Gasteiger partial charge on any atom is 0.272 e. The first-order chi connectivity index (χ1) is 11.0. The molecule has 4 nitrogen and oxygen atoms in total. The molecular weight excluding hydrogens is 335 g/mol. The molecule has 0 aliphatic carbocycles. The Morgan fingerprint density at radius 1 is 1.17 bits per heavy atom. The SMILES string of the molecule is CC(C)Oc1ccc(/C=N/NC(=O)c2ccc(Cl)cc2Cl)cc1. The standard InChI is InChI=1S/C17H16Cl2N2O2/c1-11(2)23-14-6-3-12(4-7-14)10-20-21-17(22)15-8-5-13(18)9-16(15)19/h3-11H,1-2H3,(H,21,22)/b20-10+. The fourth-order valence-corrected chi connectivity index (χ4v) is 2.30. The fourth-order valence-electron chi connectivity index (χ4n) is 1.80. The number of amides is 1. The predicted octanol–water partition coefficient (Wildman–Crippen LogP) is 4.54. The van der Waals surface area contributed by atoms with Crippen LogP contribution >= 0.6 is 23.2 Å². The van der Waals surface area contributed by atoms with Gasteiger partial charge in [-0.25, -0.2) is 5.43 Å². The highest BCUT2D eigenvalue weighted by Gasteiger charge is 2.09. The van der Waals surface area contributed by atoms with Crippen LogP contribution in [-0.4, -0.2) is 18.2 Å². The lowest BCUT2D eigenvalue weighted by atomic mass is 10.2. The second-order valence-corrected chi connectivity index (χ2v) is 5.90. The monoisotopic (exact) mass is 350 g/mol. The van der Waals surface area contributed by atoms with Gasteiger partial charge < -0.3 is 4.74 Å². The summed E-state index contributed by atoms with van der Waals surface area (Å²) in [4.78, 5) is 12.0. The van der Waals surface area contributed by atoms with E-state index >= 15 is 0 Å². The van der Waals surface area contributed by atoms with Crippen LogP contribution in [0.5, 0.6) is 5.75 Å². The lowest BCUT2D eigenvalue weighted by Gasteiger charge is -2.09. The molecule has 0 atom stereocenters. The van der Waals surface area contributed by atoms with Gasteiger partial charge in [-0.15, -0.1) is 0 Å². The van der Waals surface area contributed by atoms with Crippen molar-refractivity contribution in [3.8, 4) is 5.75 Å². The molecule has 2 aromatic carbocycles. The van der Waals surface area contributed by atoms with Crippen LogP contribution in [0, 0.1) is 0 Å². The number of hydrogen-bond donors (Lipinski definition) is 1. The van der Waals surface area contributed by atoms with Crippen LogP contribution < -0.4 is 10.2 Å². The maximum atomic E-state index is 12.0. The highest BCUT2D eigenvalue weighted by Crippen LogP contribution is 2.20. The predicted molar refractivity (Wildman–Crippen MR) is 93.7 cm³/mol. The third kappa shape index (κ3) is 5.27. The molecular formula is C17H16Cl2N2O2. The zero-order valence-electron chi connectivity index (χ0n) is 12.7. The number of benzene rings is 2. The first-order valence-electron chi connectivity index (χ1n) is 7.01. The molecule has 6 heteroatoms. The molecule has 120 valence electrons. The van der Waals surface area contributed by atoms with Crippen molar-refractivity contribution in [3.05, 3.63) is 63.6 Å². The molecule has 1 N–H and O–H groups in total. The van der Waals surface area contributed by atoms with E-state index in [0.717, 1.165) is 11.3 Å². The van der Waals surface area contributed by atoms with Crippen molar-refractivity contribution >= 4 is 35.3 Å². The summed E-state index contributed by atoms with van der Waals surface area (Å²) in [5.41, 5.74) is 3.58. The van der Waals surface area contributed by atoms with Crippen molar-refractivity contribution < 1.29 is 9.53 Å². The number of rotatable bonds is 5.